The molecule has 1 saturated carbocycles. The van der Waals surface area contributed by atoms with Crippen LogP contribution in [0.15, 0.2) is 46.9 Å². The Bertz CT molecular complexity index is 1090. The number of ether oxygens (including phenoxy) is 1. The summed E-state index contributed by atoms with van der Waals surface area (Å²) in [6.45, 7) is 5.96. The molecule has 162 valence electrons. The van der Waals surface area contributed by atoms with E-state index in [-0.39, 0.29) is 11.9 Å². The second-order valence-electron chi connectivity index (χ2n) is 8.67. The predicted molar refractivity (Wildman–Crippen MR) is 121 cm³/mol. The van der Waals surface area contributed by atoms with Gasteiger partial charge in [-0.2, -0.15) is 4.98 Å². The van der Waals surface area contributed by atoms with Gasteiger partial charge in [-0.3, -0.25) is 4.79 Å². The summed E-state index contributed by atoms with van der Waals surface area (Å²) in [4.78, 5) is 18.1. The van der Waals surface area contributed by atoms with Crippen molar-refractivity contribution in [3.05, 3.63) is 48.0 Å². The zero-order valence-corrected chi connectivity index (χ0v) is 17.9. The third kappa shape index (κ3) is 4.60. The van der Waals surface area contributed by atoms with Gasteiger partial charge in [-0.25, -0.2) is 0 Å². The number of benzene rings is 2. The standard InChI is InChI=1S/C24H28N4O3/c1-15(25-16(2)29)18-8-9-22-23(10-18)31-24(27-22)28-12-20(13-28)26-19-4-3-5-21(11-19)30-14-17-6-7-17/h3-5,8-11,15,17,20,26H,6-7,12-14H2,1-2H3,(H,25,29). The van der Waals surface area contributed by atoms with Crippen LogP contribution in [0.4, 0.5) is 11.7 Å². The fourth-order valence-corrected chi connectivity index (χ4v) is 3.86. The molecule has 1 aliphatic carbocycles. The molecule has 0 radical (unpaired) electrons. The Balaban J connectivity index is 1.18. The fraction of sp³-hybridized carbons (Fsp3) is 0.417. The monoisotopic (exact) mass is 420 g/mol. The molecule has 5 rings (SSSR count). The number of carbonyl (C=O) groups excluding carboxylic acids is 1. The first-order valence-electron chi connectivity index (χ1n) is 11.0. The topological polar surface area (TPSA) is 79.6 Å². The Hall–Kier alpha value is -3.22. The molecule has 31 heavy (non-hydrogen) atoms. The van der Waals surface area contributed by atoms with Crippen LogP contribution in [0, 0.1) is 5.92 Å². The summed E-state index contributed by atoms with van der Waals surface area (Å²) in [6, 6.07) is 15.0. The van der Waals surface area contributed by atoms with Crippen LogP contribution in [-0.4, -0.2) is 36.6 Å². The van der Waals surface area contributed by atoms with E-state index in [1.165, 1.54) is 19.8 Å². The molecule has 2 heterocycles. The van der Waals surface area contributed by atoms with E-state index < -0.39 is 0 Å². The molecule has 1 atom stereocenters. The quantitative estimate of drug-likeness (QED) is 0.571. The zero-order valence-electron chi connectivity index (χ0n) is 17.9. The number of nitrogens with one attached hydrogen (secondary N) is 2. The molecule has 2 aromatic carbocycles. The predicted octanol–water partition coefficient (Wildman–Crippen LogP) is 4.11. The summed E-state index contributed by atoms with van der Waals surface area (Å²) < 4.78 is 11.9. The Labute approximate surface area is 181 Å². The Kier molecular flexibility index (Phi) is 5.18. The maximum Gasteiger partial charge on any atom is 0.298 e. The summed E-state index contributed by atoms with van der Waals surface area (Å²) in [6.07, 6.45) is 2.59. The minimum atomic E-state index is -0.0722. The number of amides is 1. The molecule has 1 amide bonds. The van der Waals surface area contributed by atoms with Crippen LogP contribution in [0.3, 0.4) is 0 Å². The number of anilines is 2. The van der Waals surface area contributed by atoms with Gasteiger partial charge in [-0.1, -0.05) is 12.1 Å². The van der Waals surface area contributed by atoms with Crippen molar-refractivity contribution < 1.29 is 13.9 Å². The number of rotatable bonds is 8. The summed E-state index contributed by atoms with van der Waals surface area (Å²) in [5.74, 6) is 1.62. The van der Waals surface area contributed by atoms with Crippen molar-refractivity contribution in [3.8, 4) is 5.75 Å². The van der Waals surface area contributed by atoms with E-state index in [0.29, 0.717) is 12.1 Å². The lowest BCUT2D eigenvalue weighted by molar-refractivity contribution is -0.119. The number of carbonyl (C=O) groups is 1. The van der Waals surface area contributed by atoms with Gasteiger partial charge in [0.15, 0.2) is 5.58 Å². The molecule has 1 unspecified atom stereocenters. The number of oxazole rings is 1. The largest absolute Gasteiger partial charge is 0.493 e. The van der Waals surface area contributed by atoms with Crippen LogP contribution in [0.25, 0.3) is 11.1 Å². The van der Waals surface area contributed by atoms with Crippen molar-refractivity contribution in [1.29, 1.82) is 0 Å². The lowest BCUT2D eigenvalue weighted by Crippen LogP contribution is -2.55. The van der Waals surface area contributed by atoms with Gasteiger partial charge in [0.25, 0.3) is 6.01 Å². The molecule has 7 heteroatoms. The average Bonchev–Trinajstić information content (AvgIpc) is 3.45. The van der Waals surface area contributed by atoms with Crippen molar-refractivity contribution >= 4 is 28.7 Å². The van der Waals surface area contributed by atoms with Crippen LogP contribution in [0.1, 0.15) is 38.3 Å². The Morgan fingerprint density at radius 2 is 2.10 bits per heavy atom. The van der Waals surface area contributed by atoms with E-state index in [2.05, 4.69) is 32.7 Å². The van der Waals surface area contributed by atoms with Crippen LogP contribution in [-0.2, 0) is 4.79 Å². The summed E-state index contributed by atoms with van der Waals surface area (Å²) >= 11 is 0. The molecule has 1 aliphatic heterocycles. The van der Waals surface area contributed by atoms with E-state index in [1.807, 2.05) is 37.3 Å². The second-order valence-corrected chi connectivity index (χ2v) is 8.67. The molecule has 0 bridgehead atoms. The number of hydrogen-bond acceptors (Lipinski definition) is 6. The first-order chi connectivity index (χ1) is 15.0. The van der Waals surface area contributed by atoms with Crippen molar-refractivity contribution in [2.45, 2.75) is 38.8 Å². The molecule has 2 aliphatic rings. The van der Waals surface area contributed by atoms with Gasteiger partial charge in [-0.15, -0.1) is 0 Å². The zero-order chi connectivity index (χ0) is 21.4. The highest BCUT2D eigenvalue weighted by Gasteiger charge is 2.30. The number of fused-ring (bicyclic) bond motifs is 1. The number of hydrogen-bond donors (Lipinski definition) is 2. The van der Waals surface area contributed by atoms with Crippen LogP contribution in [0.5, 0.6) is 5.75 Å². The van der Waals surface area contributed by atoms with Crippen LogP contribution < -0.4 is 20.3 Å². The molecule has 3 aromatic rings. The molecular formula is C24H28N4O3. The number of aromatic nitrogens is 1. The molecule has 2 fully saturated rings. The van der Waals surface area contributed by atoms with Crippen molar-refractivity contribution in [3.63, 3.8) is 0 Å². The van der Waals surface area contributed by atoms with Gasteiger partial charge in [0, 0.05) is 31.8 Å². The first-order valence-corrected chi connectivity index (χ1v) is 11.0. The molecular weight excluding hydrogens is 392 g/mol. The van der Waals surface area contributed by atoms with Crippen molar-refractivity contribution in [2.24, 2.45) is 5.92 Å². The third-order valence-corrected chi connectivity index (χ3v) is 5.86. The van der Waals surface area contributed by atoms with Gasteiger partial charge in [0.05, 0.1) is 18.7 Å². The van der Waals surface area contributed by atoms with Crippen molar-refractivity contribution in [1.82, 2.24) is 10.3 Å². The molecule has 7 nitrogen and oxygen atoms in total. The number of nitrogens with zero attached hydrogens (tertiary/aromatic N) is 2. The molecule has 0 spiro atoms. The van der Waals surface area contributed by atoms with Gasteiger partial charge < -0.3 is 24.7 Å². The molecule has 1 saturated heterocycles. The summed E-state index contributed by atoms with van der Waals surface area (Å²) in [5, 5.41) is 6.46. The van der Waals surface area contributed by atoms with Crippen molar-refractivity contribution in [2.75, 3.05) is 29.9 Å². The lowest BCUT2D eigenvalue weighted by Gasteiger charge is -2.38. The lowest BCUT2D eigenvalue weighted by atomic mass is 10.1. The van der Waals surface area contributed by atoms with E-state index in [1.54, 1.807) is 0 Å². The highest BCUT2D eigenvalue weighted by molar-refractivity contribution is 5.77. The maximum absolute atomic E-state index is 11.3. The minimum absolute atomic E-state index is 0.0509. The van der Waals surface area contributed by atoms with E-state index >= 15 is 0 Å². The Morgan fingerprint density at radius 3 is 2.87 bits per heavy atom. The van der Waals surface area contributed by atoms with Crippen LogP contribution in [0.2, 0.25) is 0 Å². The molecule has 2 N–H and O–H groups in total. The highest BCUT2D eigenvalue weighted by Crippen LogP contribution is 2.31. The summed E-state index contributed by atoms with van der Waals surface area (Å²) in [7, 11) is 0. The fourth-order valence-electron chi connectivity index (χ4n) is 3.86. The average molecular weight is 421 g/mol. The maximum atomic E-state index is 11.3. The van der Waals surface area contributed by atoms with E-state index in [9.17, 15) is 4.79 Å². The van der Waals surface area contributed by atoms with Crippen LogP contribution >= 0.6 is 0 Å². The molecule has 1 aromatic heterocycles. The SMILES string of the molecule is CC(=O)NC(C)c1ccc2nc(N3CC(Nc4cccc(OCC5CC5)c4)C3)oc2c1. The highest BCUT2D eigenvalue weighted by atomic mass is 16.5. The Morgan fingerprint density at radius 1 is 1.26 bits per heavy atom. The smallest absolute Gasteiger partial charge is 0.298 e. The van der Waals surface area contributed by atoms with Gasteiger partial charge >= 0.3 is 0 Å². The normalized spacial score (nSPS) is 17.3. The van der Waals surface area contributed by atoms with Gasteiger partial charge in [0.1, 0.15) is 11.3 Å². The minimum Gasteiger partial charge on any atom is -0.493 e. The van der Waals surface area contributed by atoms with Gasteiger partial charge in [0.2, 0.25) is 5.91 Å². The summed E-state index contributed by atoms with van der Waals surface area (Å²) in [5.41, 5.74) is 3.64. The van der Waals surface area contributed by atoms with E-state index in [0.717, 1.165) is 53.7 Å². The third-order valence-electron chi connectivity index (χ3n) is 5.86. The second kappa shape index (κ2) is 8.13. The van der Waals surface area contributed by atoms with E-state index in [4.69, 9.17) is 9.15 Å². The first kappa shape index (κ1) is 19.7. The van der Waals surface area contributed by atoms with Gasteiger partial charge in [-0.05, 0) is 55.5 Å².